The highest BCUT2D eigenvalue weighted by Gasteiger charge is 1.98. The predicted molar refractivity (Wildman–Crippen MR) is 47.5 cm³/mol. The molecule has 0 spiro atoms. The van der Waals surface area contributed by atoms with Crippen LogP contribution in [-0.4, -0.2) is 30.7 Å². The third-order valence-corrected chi connectivity index (χ3v) is 1.66. The lowest BCUT2D eigenvalue weighted by Gasteiger charge is -2.06. The summed E-state index contributed by atoms with van der Waals surface area (Å²) in [6.45, 7) is 3.25. The number of carbonyl (C=O) groups is 1. The maximum Gasteiger partial charge on any atom is 0.231 e. The number of nitrogens with one attached hydrogen (secondary N) is 1. The first-order valence-electron chi connectivity index (χ1n) is 4.26. The van der Waals surface area contributed by atoms with Gasteiger partial charge >= 0.3 is 0 Å². The normalized spacial score (nSPS) is 12.8. The number of primary amides is 1. The second-order valence-electron chi connectivity index (χ2n) is 3.07. The molecule has 0 aromatic rings. The third kappa shape index (κ3) is 7.50. The summed E-state index contributed by atoms with van der Waals surface area (Å²) in [7, 11) is 0. The SMILES string of the molecule is CC(CO)CCCNCC(N)=O. The highest BCUT2D eigenvalue weighted by molar-refractivity contribution is 5.75. The molecular formula is C8H18N2O2. The van der Waals surface area contributed by atoms with Gasteiger partial charge in [0.25, 0.3) is 0 Å². The van der Waals surface area contributed by atoms with Crippen LogP contribution in [0.25, 0.3) is 0 Å². The fraction of sp³-hybridized carbons (Fsp3) is 0.875. The minimum Gasteiger partial charge on any atom is -0.396 e. The van der Waals surface area contributed by atoms with Crippen molar-refractivity contribution >= 4 is 5.91 Å². The summed E-state index contributed by atoms with van der Waals surface area (Å²) < 4.78 is 0. The Morgan fingerprint density at radius 1 is 1.67 bits per heavy atom. The second kappa shape index (κ2) is 7.06. The molecule has 1 atom stereocenters. The minimum atomic E-state index is -0.329. The van der Waals surface area contributed by atoms with Crippen LogP contribution in [0, 0.1) is 5.92 Å². The Hall–Kier alpha value is -0.610. The summed E-state index contributed by atoms with van der Waals surface area (Å²) in [6.07, 6.45) is 1.94. The molecule has 0 aromatic carbocycles. The topological polar surface area (TPSA) is 75.3 Å². The van der Waals surface area contributed by atoms with E-state index in [1.807, 2.05) is 6.92 Å². The van der Waals surface area contributed by atoms with Gasteiger partial charge in [-0.15, -0.1) is 0 Å². The highest BCUT2D eigenvalue weighted by atomic mass is 16.3. The number of aliphatic hydroxyl groups excluding tert-OH is 1. The molecule has 0 aliphatic carbocycles. The van der Waals surface area contributed by atoms with Crippen molar-refractivity contribution < 1.29 is 9.90 Å². The number of aliphatic hydroxyl groups is 1. The molecule has 0 heterocycles. The first-order valence-corrected chi connectivity index (χ1v) is 4.26. The van der Waals surface area contributed by atoms with Gasteiger partial charge in [0.1, 0.15) is 0 Å². The number of rotatable bonds is 7. The molecule has 4 nitrogen and oxygen atoms in total. The monoisotopic (exact) mass is 174 g/mol. The van der Waals surface area contributed by atoms with Crippen LogP contribution in [-0.2, 0) is 4.79 Å². The van der Waals surface area contributed by atoms with Crippen molar-refractivity contribution in [2.75, 3.05) is 19.7 Å². The van der Waals surface area contributed by atoms with Crippen molar-refractivity contribution in [1.29, 1.82) is 0 Å². The molecule has 0 radical (unpaired) electrons. The number of hydrogen-bond acceptors (Lipinski definition) is 3. The fourth-order valence-corrected chi connectivity index (χ4v) is 0.878. The van der Waals surface area contributed by atoms with Crippen LogP contribution in [0.3, 0.4) is 0 Å². The summed E-state index contributed by atoms with van der Waals surface area (Å²) in [6, 6.07) is 0. The summed E-state index contributed by atoms with van der Waals surface area (Å²) in [5.41, 5.74) is 4.92. The van der Waals surface area contributed by atoms with Crippen LogP contribution in [0.4, 0.5) is 0 Å². The van der Waals surface area contributed by atoms with Crippen molar-refractivity contribution in [3.63, 3.8) is 0 Å². The summed E-state index contributed by atoms with van der Waals surface area (Å²) in [5.74, 6) is 0.0191. The third-order valence-electron chi connectivity index (χ3n) is 1.66. The van der Waals surface area contributed by atoms with Gasteiger partial charge in [-0.2, -0.15) is 0 Å². The van der Waals surface area contributed by atoms with Crippen molar-refractivity contribution in [3.8, 4) is 0 Å². The first kappa shape index (κ1) is 11.4. The average molecular weight is 174 g/mol. The van der Waals surface area contributed by atoms with Crippen molar-refractivity contribution in [2.24, 2.45) is 11.7 Å². The van der Waals surface area contributed by atoms with Crippen molar-refractivity contribution in [1.82, 2.24) is 5.32 Å². The lowest BCUT2D eigenvalue weighted by atomic mass is 10.1. The standard InChI is InChI=1S/C8H18N2O2/c1-7(6-11)3-2-4-10-5-8(9)12/h7,10-11H,2-6H2,1H3,(H2,9,12). The Morgan fingerprint density at radius 2 is 2.33 bits per heavy atom. The molecule has 0 rings (SSSR count). The molecule has 1 unspecified atom stereocenters. The highest BCUT2D eigenvalue weighted by Crippen LogP contribution is 2.02. The number of hydrogen-bond donors (Lipinski definition) is 3. The van der Waals surface area contributed by atoms with Crippen molar-refractivity contribution in [2.45, 2.75) is 19.8 Å². The molecule has 0 aliphatic heterocycles. The Morgan fingerprint density at radius 3 is 2.83 bits per heavy atom. The molecule has 0 saturated heterocycles. The molecule has 72 valence electrons. The number of carbonyl (C=O) groups excluding carboxylic acids is 1. The zero-order valence-corrected chi connectivity index (χ0v) is 7.55. The van der Waals surface area contributed by atoms with E-state index in [2.05, 4.69) is 5.32 Å². The smallest absolute Gasteiger partial charge is 0.231 e. The van der Waals surface area contributed by atoms with Gasteiger partial charge in [0, 0.05) is 6.61 Å². The van der Waals surface area contributed by atoms with E-state index in [-0.39, 0.29) is 19.1 Å². The Labute approximate surface area is 73.1 Å². The molecule has 4 N–H and O–H groups in total. The van der Waals surface area contributed by atoms with E-state index in [1.54, 1.807) is 0 Å². The van der Waals surface area contributed by atoms with E-state index >= 15 is 0 Å². The van der Waals surface area contributed by atoms with Gasteiger partial charge in [-0.1, -0.05) is 6.92 Å². The van der Waals surface area contributed by atoms with Crippen LogP contribution in [0.2, 0.25) is 0 Å². The maximum atomic E-state index is 10.3. The average Bonchev–Trinajstić information content (AvgIpc) is 2.03. The van der Waals surface area contributed by atoms with E-state index < -0.39 is 0 Å². The van der Waals surface area contributed by atoms with Crippen molar-refractivity contribution in [3.05, 3.63) is 0 Å². The number of amides is 1. The molecule has 12 heavy (non-hydrogen) atoms. The summed E-state index contributed by atoms with van der Waals surface area (Å²) >= 11 is 0. The van der Waals surface area contributed by atoms with Crippen LogP contribution in [0.5, 0.6) is 0 Å². The first-order chi connectivity index (χ1) is 5.66. The van der Waals surface area contributed by atoms with Crippen LogP contribution >= 0.6 is 0 Å². The Balaban J connectivity index is 3.05. The van der Waals surface area contributed by atoms with Gasteiger partial charge in [-0.25, -0.2) is 0 Å². The molecule has 4 heteroatoms. The molecule has 0 fully saturated rings. The predicted octanol–water partition coefficient (Wildman–Crippen LogP) is -0.530. The summed E-state index contributed by atoms with van der Waals surface area (Å²) in [4.78, 5) is 10.3. The Kier molecular flexibility index (Phi) is 6.70. The van der Waals surface area contributed by atoms with E-state index in [9.17, 15) is 4.79 Å². The molecule has 0 aliphatic rings. The molecule has 0 aromatic heterocycles. The zero-order chi connectivity index (χ0) is 9.40. The van der Waals surface area contributed by atoms with E-state index in [1.165, 1.54) is 0 Å². The van der Waals surface area contributed by atoms with E-state index in [0.29, 0.717) is 5.92 Å². The largest absolute Gasteiger partial charge is 0.396 e. The van der Waals surface area contributed by atoms with Gasteiger partial charge < -0.3 is 16.2 Å². The van der Waals surface area contributed by atoms with Crippen LogP contribution in [0.1, 0.15) is 19.8 Å². The molecule has 0 bridgehead atoms. The second-order valence-corrected chi connectivity index (χ2v) is 3.07. The van der Waals surface area contributed by atoms with Gasteiger partial charge in [0.05, 0.1) is 6.54 Å². The van der Waals surface area contributed by atoms with Gasteiger partial charge in [-0.3, -0.25) is 4.79 Å². The van der Waals surface area contributed by atoms with E-state index in [4.69, 9.17) is 10.8 Å². The molecule has 0 saturated carbocycles. The van der Waals surface area contributed by atoms with Gasteiger partial charge in [0.15, 0.2) is 0 Å². The maximum absolute atomic E-state index is 10.3. The minimum absolute atomic E-state index is 0.232. The van der Waals surface area contributed by atoms with E-state index in [0.717, 1.165) is 19.4 Å². The zero-order valence-electron chi connectivity index (χ0n) is 7.55. The van der Waals surface area contributed by atoms with Crippen LogP contribution in [0.15, 0.2) is 0 Å². The molecular weight excluding hydrogens is 156 g/mol. The Bertz CT molecular complexity index is 128. The number of nitrogens with two attached hydrogens (primary N) is 1. The van der Waals surface area contributed by atoms with Crippen LogP contribution < -0.4 is 11.1 Å². The quantitative estimate of drug-likeness (QED) is 0.454. The fourth-order valence-electron chi connectivity index (χ4n) is 0.878. The summed E-state index contributed by atoms with van der Waals surface area (Å²) in [5, 5.41) is 11.6. The van der Waals surface area contributed by atoms with Gasteiger partial charge in [-0.05, 0) is 25.3 Å². The lowest BCUT2D eigenvalue weighted by Crippen LogP contribution is -2.29. The molecule has 1 amide bonds. The lowest BCUT2D eigenvalue weighted by molar-refractivity contribution is -0.117. The van der Waals surface area contributed by atoms with Gasteiger partial charge in [0.2, 0.25) is 5.91 Å².